The third kappa shape index (κ3) is 3.71. The van der Waals surface area contributed by atoms with E-state index in [4.69, 9.17) is 0 Å². The van der Waals surface area contributed by atoms with E-state index < -0.39 is 11.0 Å². The van der Waals surface area contributed by atoms with Gasteiger partial charge < -0.3 is 10.4 Å². The Morgan fingerprint density at radius 3 is 2.82 bits per heavy atom. The Balaban J connectivity index is 2.72. The minimum atomic E-state index is -0.418. The van der Waals surface area contributed by atoms with Crippen molar-refractivity contribution >= 4 is 11.4 Å². The largest absolute Gasteiger partial charge is 0.391 e. The molecule has 0 spiro atoms. The summed E-state index contributed by atoms with van der Waals surface area (Å²) in [5.41, 5.74) is 1.40. The highest BCUT2D eigenvalue weighted by molar-refractivity contribution is 5.59. The van der Waals surface area contributed by atoms with E-state index in [1.54, 1.807) is 19.1 Å². The number of anilines is 1. The van der Waals surface area contributed by atoms with Crippen molar-refractivity contribution in [3.05, 3.63) is 33.9 Å². The summed E-state index contributed by atoms with van der Waals surface area (Å²) in [5, 5.41) is 23.4. The Morgan fingerprint density at radius 2 is 2.24 bits per heavy atom. The van der Waals surface area contributed by atoms with Crippen LogP contribution in [0.1, 0.15) is 25.3 Å². The quantitative estimate of drug-likeness (QED) is 0.589. The van der Waals surface area contributed by atoms with Crippen LogP contribution in [0.5, 0.6) is 0 Å². The highest BCUT2D eigenvalue weighted by atomic mass is 16.6. The first-order valence-electron chi connectivity index (χ1n) is 5.72. The van der Waals surface area contributed by atoms with Gasteiger partial charge in [0.05, 0.1) is 11.0 Å². The van der Waals surface area contributed by atoms with Crippen LogP contribution in [0, 0.1) is 17.0 Å². The fraction of sp³-hybridized carbons (Fsp3) is 0.500. The minimum Gasteiger partial charge on any atom is -0.391 e. The van der Waals surface area contributed by atoms with Crippen LogP contribution in [0.15, 0.2) is 18.2 Å². The van der Waals surface area contributed by atoms with E-state index in [9.17, 15) is 15.2 Å². The first kappa shape index (κ1) is 13.4. The zero-order valence-corrected chi connectivity index (χ0v) is 10.1. The van der Waals surface area contributed by atoms with Gasteiger partial charge in [0, 0.05) is 23.9 Å². The Labute approximate surface area is 101 Å². The highest BCUT2D eigenvalue weighted by Crippen LogP contribution is 2.24. The third-order valence-corrected chi connectivity index (χ3v) is 2.65. The molecule has 0 aromatic heterocycles. The molecule has 94 valence electrons. The van der Waals surface area contributed by atoms with Gasteiger partial charge in [0.2, 0.25) is 0 Å². The molecule has 0 aliphatic carbocycles. The molecule has 5 nitrogen and oxygen atoms in total. The number of aliphatic hydroxyl groups excluding tert-OH is 1. The number of nitrogens with one attached hydrogen (secondary N) is 1. The van der Waals surface area contributed by atoms with Crippen LogP contribution in [-0.4, -0.2) is 22.7 Å². The van der Waals surface area contributed by atoms with E-state index in [0.29, 0.717) is 17.8 Å². The highest BCUT2D eigenvalue weighted by Gasteiger charge is 2.13. The van der Waals surface area contributed by atoms with Gasteiger partial charge in [-0.25, -0.2) is 0 Å². The van der Waals surface area contributed by atoms with Crippen molar-refractivity contribution in [1.82, 2.24) is 0 Å². The van der Waals surface area contributed by atoms with Crippen LogP contribution in [0.3, 0.4) is 0 Å². The first-order chi connectivity index (χ1) is 8.06. The maximum absolute atomic E-state index is 10.7. The van der Waals surface area contributed by atoms with Crippen LogP contribution < -0.4 is 5.32 Å². The predicted molar refractivity (Wildman–Crippen MR) is 67.2 cm³/mol. The molecule has 1 aromatic rings. The topological polar surface area (TPSA) is 75.4 Å². The second-order valence-corrected chi connectivity index (χ2v) is 4.03. The summed E-state index contributed by atoms with van der Waals surface area (Å²) >= 11 is 0. The number of hydrogen-bond acceptors (Lipinski definition) is 4. The number of nitrogens with zero attached hydrogens (tertiary/aromatic N) is 1. The van der Waals surface area contributed by atoms with Crippen molar-refractivity contribution in [3.8, 4) is 0 Å². The summed E-state index contributed by atoms with van der Waals surface area (Å²) in [5.74, 6) is 0. The number of benzene rings is 1. The molecule has 0 amide bonds. The molecule has 0 saturated heterocycles. The fourth-order valence-corrected chi connectivity index (χ4v) is 1.68. The number of aliphatic hydroxyl groups is 1. The zero-order chi connectivity index (χ0) is 12.8. The molecule has 0 radical (unpaired) electrons. The maximum atomic E-state index is 10.7. The van der Waals surface area contributed by atoms with Gasteiger partial charge in [-0.3, -0.25) is 10.1 Å². The molecule has 0 aliphatic rings. The predicted octanol–water partition coefficient (Wildman–Crippen LogP) is 2.48. The van der Waals surface area contributed by atoms with Crippen molar-refractivity contribution in [3.63, 3.8) is 0 Å². The maximum Gasteiger partial charge on any atom is 0.274 e. The second kappa shape index (κ2) is 6.20. The number of hydrogen-bond donors (Lipinski definition) is 2. The lowest BCUT2D eigenvalue weighted by Crippen LogP contribution is -2.19. The molecule has 1 unspecified atom stereocenters. The van der Waals surface area contributed by atoms with Gasteiger partial charge in [0.15, 0.2) is 0 Å². The second-order valence-electron chi connectivity index (χ2n) is 4.03. The number of nitro groups is 1. The van der Waals surface area contributed by atoms with Crippen molar-refractivity contribution in [1.29, 1.82) is 0 Å². The lowest BCUT2D eigenvalue weighted by Gasteiger charge is -2.13. The van der Waals surface area contributed by atoms with Gasteiger partial charge in [0.1, 0.15) is 0 Å². The molecule has 1 aromatic carbocycles. The average Bonchev–Trinajstić information content (AvgIpc) is 2.27. The van der Waals surface area contributed by atoms with Crippen molar-refractivity contribution in [2.45, 2.75) is 32.8 Å². The lowest BCUT2D eigenvalue weighted by molar-refractivity contribution is -0.385. The van der Waals surface area contributed by atoms with Gasteiger partial charge in [-0.1, -0.05) is 19.4 Å². The SMILES string of the molecule is CCCC(O)CNc1cccc([N+](=O)[O-])c1C. The summed E-state index contributed by atoms with van der Waals surface area (Å²) in [4.78, 5) is 10.3. The summed E-state index contributed by atoms with van der Waals surface area (Å²) in [7, 11) is 0. The zero-order valence-electron chi connectivity index (χ0n) is 10.1. The van der Waals surface area contributed by atoms with Crippen LogP contribution in [0.25, 0.3) is 0 Å². The standard InChI is InChI=1S/C12H18N2O3/c1-3-5-10(15)8-13-11-6-4-7-12(9(11)2)14(16)17/h4,6-7,10,13,15H,3,5,8H2,1-2H3. The van der Waals surface area contributed by atoms with E-state index in [1.807, 2.05) is 6.92 Å². The van der Waals surface area contributed by atoms with Crippen molar-refractivity contribution < 1.29 is 10.0 Å². The Morgan fingerprint density at radius 1 is 1.53 bits per heavy atom. The molecule has 0 aliphatic heterocycles. The fourth-order valence-electron chi connectivity index (χ4n) is 1.68. The summed E-state index contributed by atoms with van der Waals surface area (Å²) in [6, 6.07) is 4.89. The summed E-state index contributed by atoms with van der Waals surface area (Å²) < 4.78 is 0. The van der Waals surface area contributed by atoms with Crippen molar-refractivity contribution in [2.24, 2.45) is 0 Å². The monoisotopic (exact) mass is 238 g/mol. The number of nitro benzene ring substituents is 1. The summed E-state index contributed by atoms with van der Waals surface area (Å²) in [6.07, 6.45) is 1.22. The van der Waals surface area contributed by atoms with Crippen LogP contribution >= 0.6 is 0 Å². The normalized spacial score (nSPS) is 12.2. The van der Waals surface area contributed by atoms with Gasteiger partial charge in [-0.05, 0) is 19.4 Å². The molecule has 5 heteroatoms. The molecule has 1 atom stereocenters. The van der Waals surface area contributed by atoms with E-state index in [-0.39, 0.29) is 5.69 Å². The van der Waals surface area contributed by atoms with Crippen LogP contribution in [0.4, 0.5) is 11.4 Å². The molecule has 0 saturated carbocycles. The van der Waals surface area contributed by atoms with Crippen molar-refractivity contribution in [2.75, 3.05) is 11.9 Å². The lowest BCUT2D eigenvalue weighted by atomic mass is 10.1. The van der Waals surface area contributed by atoms with E-state index in [1.165, 1.54) is 6.07 Å². The molecule has 0 bridgehead atoms. The molecule has 0 heterocycles. The Hall–Kier alpha value is -1.62. The van der Waals surface area contributed by atoms with Gasteiger partial charge in [-0.15, -0.1) is 0 Å². The Bertz CT molecular complexity index is 393. The van der Waals surface area contributed by atoms with Gasteiger partial charge in [-0.2, -0.15) is 0 Å². The molecule has 17 heavy (non-hydrogen) atoms. The first-order valence-corrected chi connectivity index (χ1v) is 5.72. The molecular weight excluding hydrogens is 220 g/mol. The number of rotatable bonds is 6. The van der Waals surface area contributed by atoms with Crippen LogP contribution in [0.2, 0.25) is 0 Å². The average molecular weight is 238 g/mol. The smallest absolute Gasteiger partial charge is 0.274 e. The molecule has 2 N–H and O–H groups in total. The van der Waals surface area contributed by atoms with Crippen LogP contribution in [-0.2, 0) is 0 Å². The molecule has 0 fully saturated rings. The third-order valence-electron chi connectivity index (χ3n) is 2.65. The summed E-state index contributed by atoms with van der Waals surface area (Å²) in [6.45, 7) is 4.12. The van der Waals surface area contributed by atoms with E-state index >= 15 is 0 Å². The van der Waals surface area contributed by atoms with E-state index in [2.05, 4.69) is 5.32 Å². The van der Waals surface area contributed by atoms with E-state index in [0.717, 1.165) is 12.8 Å². The molecular formula is C12H18N2O3. The minimum absolute atomic E-state index is 0.0972. The van der Waals surface area contributed by atoms with Gasteiger partial charge in [0.25, 0.3) is 5.69 Å². The Kier molecular flexibility index (Phi) is 4.90. The van der Waals surface area contributed by atoms with Gasteiger partial charge >= 0.3 is 0 Å². The molecule has 1 rings (SSSR count).